The molecule has 0 saturated carbocycles. The maximum atomic E-state index is 12.8. The molecule has 142 valence electrons. The molecular formula is C18H18ClN3O5. The minimum Gasteiger partial charge on any atom is -0.507 e. The molecule has 2 aromatic carbocycles. The molecule has 0 heterocycles. The Morgan fingerprint density at radius 3 is 2.41 bits per heavy atom. The van der Waals surface area contributed by atoms with E-state index in [1.807, 2.05) is 20.8 Å². The quantitative estimate of drug-likeness (QED) is 0.420. The van der Waals surface area contributed by atoms with Crippen LogP contribution in [-0.2, 0) is 5.41 Å². The van der Waals surface area contributed by atoms with Gasteiger partial charge in [0.25, 0.3) is 11.6 Å². The molecule has 2 aromatic rings. The highest BCUT2D eigenvalue weighted by atomic mass is 35.5. The van der Waals surface area contributed by atoms with Crippen molar-refractivity contribution >= 4 is 34.6 Å². The van der Waals surface area contributed by atoms with Crippen molar-refractivity contribution in [3.8, 4) is 5.75 Å². The smallest absolute Gasteiger partial charge is 0.271 e. The number of anilines is 1. The van der Waals surface area contributed by atoms with E-state index < -0.39 is 16.2 Å². The lowest BCUT2D eigenvalue weighted by atomic mass is 9.83. The molecule has 2 N–H and O–H groups in total. The Labute approximate surface area is 160 Å². The fourth-order valence-electron chi connectivity index (χ4n) is 2.60. The molecule has 0 atom stereocenters. The predicted octanol–water partition coefficient (Wildman–Crippen LogP) is 5.21. The van der Waals surface area contributed by atoms with Gasteiger partial charge in [0.05, 0.1) is 21.2 Å². The topological polar surface area (TPSA) is 122 Å². The van der Waals surface area contributed by atoms with E-state index >= 15 is 0 Å². The zero-order valence-electron chi connectivity index (χ0n) is 15.2. The van der Waals surface area contributed by atoms with Crippen LogP contribution in [0, 0.1) is 21.9 Å². The van der Waals surface area contributed by atoms with Crippen molar-refractivity contribution in [3.05, 3.63) is 61.0 Å². The van der Waals surface area contributed by atoms with Crippen LogP contribution in [0.3, 0.4) is 0 Å². The minimum absolute atomic E-state index is 0.0320. The van der Waals surface area contributed by atoms with Crippen molar-refractivity contribution in [3.63, 3.8) is 0 Å². The maximum Gasteiger partial charge on any atom is 0.271 e. The van der Waals surface area contributed by atoms with Gasteiger partial charge >= 0.3 is 0 Å². The van der Waals surface area contributed by atoms with Gasteiger partial charge in [-0.2, -0.15) is 0 Å². The number of hydrogen-bond acceptors (Lipinski definition) is 6. The first-order chi connectivity index (χ1) is 12.5. The first-order valence-electron chi connectivity index (χ1n) is 7.93. The summed E-state index contributed by atoms with van der Waals surface area (Å²) in [4.78, 5) is 34.1. The summed E-state index contributed by atoms with van der Waals surface area (Å²) < 4.78 is 0. The monoisotopic (exact) mass is 391 g/mol. The van der Waals surface area contributed by atoms with Gasteiger partial charge in [-0.3, -0.25) is 14.9 Å². The number of carbonyl (C=O) groups is 1. The molecule has 0 radical (unpaired) electrons. The summed E-state index contributed by atoms with van der Waals surface area (Å²) in [5, 5.41) is 26.8. The zero-order chi connectivity index (χ0) is 20.5. The van der Waals surface area contributed by atoms with Crippen LogP contribution in [-0.4, -0.2) is 15.9 Å². The van der Waals surface area contributed by atoms with E-state index in [4.69, 9.17) is 11.6 Å². The predicted molar refractivity (Wildman–Crippen MR) is 103 cm³/mol. The second-order valence-electron chi connectivity index (χ2n) is 7.01. The number of nitroso groups, excluding NO2 is 1. The van der Waals surface area contributed by atoms with E-state index in [2.05, 4.69) is 10.5 Å². The number of carbonyl (C=O) groups excluding carboxylic acids is 1. The largest absolute Gasteiger partial charge is 0.507 e. The minimum atomic E-state index is -0.711. The van der Waals surface area contributed by atoms with Gasteiger partial charge in [0.15, 0.2) is 0 Å². The van der Waals surface area contributed by atoms with Crippen LogP contribution in [0.5, 0.6) is 5.75 Å². The van der Waals surface area contributed by atoms with E-state index in [0.29, 0.717) is 5.56 Å². The summed E-state index contributed by atoms with van der Waals surface area (Å²) in [7, 11) is 0. The molecule has 0 spiro atoms. The van der Waals surface area contributed by atoms with Crippen molar-refractivity contribution in [2.75, 3.05) is 5.32 Å². The number of nitro groups is 1. The highest BCUT2D eigenvalue weighted by Gasteiger charge is 2.27. The molecule has 0 bridgehead atoms. The maximum absolute atomic E-state index is 12.8. The summed E-state index contributed by atoms with van der Waals surface area (Å²) in [5.74, 6) is -0.973. The average molecular weight is 392 g/mol. The van der Waals surface area contributed by atoms with Crippen molar-refractivity contribution in [2.45, 2.75) is 33.1 Å². The molecule has 2 rings (SSSR count). The van der Waals surface area contributed by atoms with Gasteiger partial charge in [-0.1, -0.05) is 32.4 Å². The fraction of sp³-hybridized carbons (Fsp3) is 0.278. The van der Waals surface area contributed by atoms with Gasteiger partial charge in [0.2, 0.25) is 0 Å². The third-order valence-electron chi connectivity index (χ3n) is 4.08. The number of nitrogens with one attached hydrogen (secondary N) is 1. The SMILES string of the molecule is Cc1c(N=O)cc(C(C)(C)C)c(O)c1C(=O)Nc1ccc([N+](=O)[O-])cc1Cl. The second-order valence-corrected chi connectivity index (χ2v) is 7.42. The van der Waals surface area contributed by atoms with Crippen LogP contribution in [0.1, 0.15) is 42.3 Å². The van der Waals surface area contributed by atoms with Crippen LogP contribution in [0.4, 0.5) is 17.1 Å². The number of hydrogen-bond donors (Lipinski definition) is 2. The number of nitro benzene ring substituents is 1. The van der Waals surface area contributed by atoms with Gasteiger partial charge in [-0.05, 0) is 35.2 Å². The lowest BCUT2D eigenvalue weighted by Gasteiger charge is -2.23. The lowest BCUT2D eigenvalue weighted by Crippen LogP contribution is -2.18. The van der Waals surface area contributed by atoms with Crippen LogP contribution < -0.4 is 5.32 Å². The number of nitrogens with zero attached hydrogens (tertiary/aromatic N) is 2. The summed E-state index contributed by atoms with van der Waals surface area (Å²) >= 11 is 6.00. The summed E-state index contributed by atoms with van der Waals surface area (Å²) in [6.07, 6.45) is 0. The molecular weight excluding hydrogens is 374 g/mol. The number of amides is 1. The number of phenols is 1. The highest BCUT2D eigenvalue weighted by Crippen LogP contribution is 2.40. The van der Waals surface area contributed by atoms with Crippen LogP contribution in [0.25, 0.3) is 0 Å². The van der Waals surface area contributed by atoms with Gasteiger partial charge in [-0.15, -0.1) is 4.91 Å². The third-order valence-corrected chi connectivity index (χ3v) is 4.39. The number of benzene rings is 2. The summed E-state index contributed by atoms with van der Waals surface area (Å²) in [6.45, 7) is 6.96. The number of aromatic hydroxyl groups is 1. The second kappa shape index (κ2) is 7.32. The number of phenolic OH excluding ortho intramolecular Hbond substituents is 1. The number of rotatable bonds is 4. The van der Waals surface area contributed by atoms with Crippen molar-refractivity contribution < 1.29 is 14.8 Å². The van der Waals surface area contributed by atoms with Gasteiger partial charge in [0, 0.05) is 17.7 Å². The molecule has 8 nitrogen and oxygen atoms in total. The molecule has 0 aliphatic carbocycles. The van der Waals surface area contributed by atoms with Crippen molar-refractivity contribution in [1.82, 2.24) is 0 Å². The highest BCUT2D eigenvalue weighted by molar-refractivity contribution is 6.34. The van der Waals surface area contributed by atoms with E-state index in [1.165, 1.54) is 25.1 Å². The molecule has 0 unspecified atom stereocenters. The fourth-order valence-corrected chi connectivity index (χ4v) is 2.82. The van der Waals surface area contributed by atoms with Crippen molar-refractivity contribution in [1.29, 1.82) is 0 Å². The Bertz CT molecular complexity index is 951. The third kappa shape index (κ3) is 4.06. The first-order valence-corrected chi connectivity index (χ1v) is 8.30. The molecule has 9 heteroatoms. The summed E-state index contributed by atoms with van der Waals surface area (Å²) in [5.41, 5.74) is -0.0955. The Morgan fingerprint density at radius 1 is 1.30 bits per heavy atom. The normalized spacial score (nSPS) is 11.1. The number of halogens is 1. The van der Waals surface area contributed by atoms with Crippen LogP contribution >= 0.6 is 11.6 Å². The molecule has 0 aliphatic heterocycles. The molecule has 0 saturated heterocycles. The van der Waals surface area contributed by atoms with E-state index in [-0.39, 0.29) is 39.0 Å². The Morgan fingerprint density at radius 2 is 1.93 bits per heavy atom. The van der Waals surface area contributed by atoms with E-state index in [9.17, 15) is 24.9 Å². The van der Waals surface area contributed by atoms with Gasteiger partial charge < -0.3 is 10.4 Å². The number of non-ortho nitro benzene ring substituents is 1. The van der Waals surface area contributed by atoms with Gasteiger partial charge in [0.1, 0.15) is 11.4 Å². The van der Waals surface area contributed by atoms with Gasteiger partial charge in [-0.25, -0.2) is 0 Å². The Hall–Kier alpha value is -3.00. The van der Waals surface area contributed by atoms with Crippen LogP contribution in [0.15, 0.2) is 29.4 Å². The molecule has 0 aliphatic rings. The van der Waals surface area contributed by atoms with Crippen molar-refractivity contribution in [2.24, 2.45) is 5.18 Å². The van der Waals surface area contributed by atoms with Crippen LogP contribution in [0.2, 0.25) is 5.02 Å². The first kappa shape index (κ1) is 20.3. The van der Waals surface area contributed by atoms with E-state index in [0.717, 1.165) is 6.07 Å². The average Bonchev–Trinajstić information content (AvgIpc) is 2.55. The Balaban J connectivity index is 2.53. The molecule has 1 amide bonds. The van der Waals surface area contributed by atoms with E-state index in [1.54, 1.807) is 0 Å². The lowest BCUT2D eigenvalue weighted by molar-refractivity contribution is -0.384. The zero-order valence-corrected chi connectivity index (χ0v) is 15.9. The Kier molecular flexibility index (Phi) is 5.51. The molecule has 27 heavy (non-hydrogen) atoms. The molecule has 0 fully saturated rings. The summed E-state index contributed by atoms with van der Waals surface area (Å²) in [6, 6.07) is 5.04. The standard InChI is InChI=1S/C18H18ClN3O5/c1-9-14(21-25)8-11(18(2,3)4)16(23)15(9)17(24)20-13-6-5-10(22(26)27)7-12(13)19/h5-8,23H,1-4H3,(H,20,24). The molecule has 0 aromatic heterocycles.